The number of unbranched alkanes of at least 4 members (excludes halogenated alkanes) is 11. The molecule has 23 heavy (non-hydrogen) atoms. The SMILES string of the molecule is CCCCCCCC/C=C\CCCCCCCC(=O)NCCC. The third-order valence-corrected chi connectivity index (χ3v) is 4.24. The largest absolute Gasteiger partial charge is 0.356 e. The van der Waals surface area contributed by atoms with Crippen LogP contribution in [0.2, 0.25) is 0 Å². The van der Waals surface area contributed by atoms with Gasteiger partial charge in [0.2, 0.25) is 5.91 Å². The van der Waals surface area contributed by atoms with Gasteiger partial charge in [-0.1, -0.05) is 77.4 Å². The summed E-state index contributed by atoms with van der Waals surface area (Å²) in [5.74, 6) is 0.226. The van der Waals surface area contributed by atoms with Crippen molar-refractivity contribution in [3.63, 3.8) is 0 Å². The van der Waals surface area contributed by atoms with Crippen molar-refractivity contribution in [3.8, 4) is 0 Å². The van der Waals surface area contributed by atoms with E-state index in [4.69, 9.17) is 0 Å². The van der Waals surface area contributed by atoms with Gasteiger partial charge in [0.25, 0.3) is 0 Å². The van der Waals surface area contributed by atoms with Gasteiger partial charge in [-0.3, -0.25) is 4.79 Å². The van der Waals surface area contributed by atoms with Gasteiger partial charge < -0.3 is 5.32 Å². The molecule has 0 aromatic carbocycles. The maximum Gasteiger partial charge on any atom is 0.219 e. The molecule has 0 fully saturated rings. The molecule has 0 bridgehead atoms. The van der Waals surface area contributed by atoms with E-state index in [1.165, 1.54) is 77.0 Å². The zero-order valence-electron chi connectivity index (χ0n) is 15.9. The van der Waals surface area contributed by atoms with E-state index in [1.807, 2.05) is 0 Å². The highest BCUT2D eigenvalue weighted by molar-refractivity contribution is 5.75. The molecular formula is C21H41NO. The molecule has 0 unspecified atom stereocenters. The monoisotopic (exact) mass is 323 g/mol. The molecule has 1 N–H and O–H groups in total. The highest BCUT2D eigenvalue weighted by atomic mass is 16.1. The molecule has 1 amide bonds. The lowest BCUT2D eigenvalue weighted by atomic mass is 10.1. The third-order valence-electron chi connectivity index (χ3n) is 4.24. The number of amides is 1. The standard InChI is InChI=1S/C21H41NO/c1-3-5-6-7-8-9-10-11-12-13-14-15-16-17-18-19-21(23)22-20-4-2/h11-12H,3-10,13-20H2,1-2H3,(H,22,23)/b12-11-. The fraction of sp³-hybridized carbons (Fsp3) is 0.857. The predicted molar refractivity (Wildman–Crippen MR) is 103 cm³/mol. The van der Waals surface area contributed by atoms with Crippen LogP contribution in [-0.4, -0.2) is 12.5 Å². The lowest BCUT2D eigenvalue weighted by molar-refractivity contribution is -0.121. The topological polar surface area (TPSA) is 29.1 Å². The summed E-state index contributed by atoms with van der Waals surface area (Å²) in [6, 6.07) is 0. The van der Waals surface area contributed by atoms with Crippen molar-refractivity contribution < 1.29 is 4.79 Å². The molecule has 0 atom stereocenters. The minimum absolute atomic E-state index is 0.226. The number of nitrogens with one attached hydrogen (secondary N) is 1. The van der Waals surface area contributed by atoms with Crippen molar-refractivity contribution in [3.05, 3.63) is 12.2 Å². The maximum absolute atomic E-state index is 11.4. The van der Waals surface area contributed by atoms with E-state index < -0.39 is 0 Å². The van der Waals surface area contributed by atoms with E-state index in [9.17, 15) is 4.79 Å². The second-order valence-electron chi connectivity index (χ2n) is 6.68. The minimum Gasteiger partial charge on any atom is -0.356 e. The molecule has 136 valence electrons. The van der Waals surface area contributed by atoms with Gasteiger partial charge in [0.05, 0.1) is 0 Å². The highest BCUT2D eigenvalue weighted by Crippen LogP contribution is 2.09. The summed E-state index contributed by atoms with van der Waals surface area (Å²) in [4.78, 5) is 11.4. The molecule has 2 nitrogen and oxygen atoms in total. The van der Waals surface area contributed by atoms with Crippen molar-refractivity contribution in [2.75, 3.05) is 6.54 Å². The fourth-order valence-corrected chi connectivity index (χ4v) is 2.71. The Kier molecular flexibility index (Phi) is 18.6. The van der Waals surface area contributed by atoms with Crippen LogP contribution in [0.3, 0.4) is 0 Å². The average molecular weight is 324 g/mol. The first-order chi connectivity index (χ1) is 11.3. The van der Waals surface area contributed by atoms with Gasteiger partial charge in [0.15, 0.2) is 0 Å². The fourth-order valence-electron chi connectivity index (χ4n) is 2.71. The molecule has 0 aliphatic carbocycles. The Morgan fingerprint density at radius 3 is 1.78 bits per heavy atom. The van der Waals surface area contributed by atoms with E-state index in [0.717, 1.165) is 19.4 Å². The second-order valence-corrected chi connectivity index (χ2v) is 6.68. The van der Waals surface area contributed by atoms with E-state index in [1.54, 1.807) is 0 Å². The highest BCUT2D eigenvalue weighted by Gasteiger charge is 1.99. The smallest absolute Gasteiger partial charge is 0.219 e. The molecule has 0 saturated heterocycles. The molecule has 0 rings (SSSR count). The van der Waals surface area contributed by atoms with Gasteiger partial charge in [0, 0.05) is 13.0 Å². The predicted octanol–water partition coefficient (Wildman–Crippen LogP) is 6.55. The van der Waals surface area contributed by atoms with Gasteiger partial charge >= 0.3 is 0 Å². The van der Waals surface area contributed by atoms with Crippen LogP contribution in [0.1, 0.15) is 110 Å². The van der Waals surface area contributed by atoms with Gasteiger partial charge in [-0.25, -0.2) is 0 Å². The number of allylic oxidation sites excluding steroid dienone is 2. The Balaban J connectivity index is 3.14. The van der Waals surface area contributed by atoms with Crippen molar-refractivity contribution in [1.82, 2.24) is 5.32 Å². The second kappa shape index (κ2) is 19.3. The number of hydrogen-bond acceptors (Lipinski definition) is 1. The van der Waals surface area contributed by atoms with Crippen molar-refractivity contribution >= 4 is 5.91 Å². The summed E-state index contributed by atoms with van der Waals surface area (Å²) >= 11 is 0. The van der Waals surface area contributed by atoms with Crippen LogP contribution in [0.25, 0.3) is 0 Å². The van der Waals surface area contributed by atoms with Gasteiger partial charge in [-0.2, -0.15) is 0 Å². The minimum atomic E-state index is 0.226. The Morgan fingerprint density at radius 1 is 0.696 bits per heavy atom. The Hall–Kier alpha value is -0.790. The van der Waals surface area contributed by atoms with Crippen molar-refractivity contribution in [2.45, 2.75) is 110 Å². The molecule has 2 heteroatoms. The summed E-state index contributed by atoms with van der Waals surface area (Å²) in [6.45, 7) is 5.18. The van der Waals surface area contributed by atoms with Gasteiger partial charge in [-0.05, 0) is 38.5 Å². The van der Waals surface area contributed by atoms with Gasteiger partial charge in [-0.15, -0.1) is 0 Å². The van der Waals surface area contributed by atoms with E-state index in [0.29, 0.717) is 6.42 Å². The summed E-state index contributed by atoms with van der Waals surface area (Å²) in [5.41, 5.74) is 0. The first-order valence-corrected chi connectivity index (χ1v) is 10.2. The first-order valence-electron chi connectivity index (χ1n) is 10.2. The molecule has 0 saturated carbocycles. The quantitative estimate of drug-likeness (QED) is 0.239. The summed E-state index contributed by atoms with van der Waals surface area (Å²) in [6.07, 6.45) is 23.4. The van der Waals surface area contributed by atoms with E-state index >= 15 is 0 Å². The Labute approximate surface area is 145 Å². The number of hydrogen-bond donors (Lipinski definition) is 1. The maximum atomic E-state index is 11.4. The van der Waals surface area contributed by atoms with Crippen molar-refractivity contribution in [2.24, 2.45) is 0 Å². The third kappa shape index (κ3) is 19.2. The Morgan fingerprint density at radius 2 is 1.22 bits per heavy atom. The van der Waals surface area contributed by atoms with Crippen LogP contribution in [0, 0.1) is 0 Å². The number of carbonyl (C=O) groups excluding carboxylic acids is 1. The molecule has 0 aromatic rings. The number of carbonyl (C=O) groups is 1. The molecule has 0 heterocycles. The van der Waals surface area contributed by atoms with E-state index in [-0.39, 0.29) is 5.91 Å². The zero-order chi connectivity index (χ0) is 17.0. The lowest BCUT2D eigenvalue weighted by Gasteiger charge is -2.03. The molecule has 0 aliphatic rings. The summed E-state index contributed by atoms with van der Waals surface area (Å²) < 4.78 is 0. The van der Waals surface area contributed by atoms with Crippen LogP contribution in [0.15, 0.2) is 12.2 Å². The summed E-state index contributed by atoms with van der Waals surface area (Å²) in [5, 5.41) is 2.93. The molecular weight excluding hydrogens is 282 g/mol. The molecule has 0 radical (unpaired) electrons. The molecule has 0 spiro atoms. The lowest BCUT2D eigenvalue weighted by Crippen LogP contribution is -2.23. The van der Waals surface area contributed by atoms with Crippen LogP contribution in [-0.2, 0) is 4.79 Å². The summed E-state index contributed by atoms with van der Waals surface area (Å²) in [7, 11) is 0. The first kappa shape index (κ1) is 22.2. The molecule has 0 aliphatic heterocycles. The Bertz CT molecular complexity index is 273. The zero-order valence-corrected chi connectivity index (χ0v) is 15.9. The van der Waals surface area contributed by atoms with Crippen LogP contribution >= 0.6 is 0 Å². The van der Waals surface area contributed by atoms with Crippen LogP contribution in [0.4, 0.5) is 0 Å². The van der Waals surface area contributed by atoms with Crippen molar-refractivity contribution in [1.29, 1.82) is 0 Å². The molecule has 0 aromatic heterocycles. The van der Waals surface area contributed by atoms with Crippen LogP contribution in [0.5, 0.6) is 0 Å². The van der Waals surface area contributed by atoms with Crippen LogP contribution < -0.4 is 5.32 Å². The number of rotatable bonds is 17. The average Bonchev–Trinajstić information content (AvgIpc) is 2.56. The van der Waals surface area contributed by atoms with E-state index in [2.05, 4.69) is 31.3 Å². The normalized spacial score (nSPS) is 11.2. The van der Waals surface area contributed by atoms with Gasteiger partial charge in [0.1, 0.15) is 0 Å².